The Kier molecular flexibility index (Phi) is 4.80. The van der Waals surface area contributed by atoms with Crippen molar-refractivity contribution in [3.05, 3.63) is 29.3 Å². The third-order valence-electron chi connectivity index (χ3n) is 2.50. The first-order chi connectivity index (χ1) is 7.97. The van der Waals surface area contributed by atoms with Gasteiger partial charge in [0.15, 0.2) is 0 Å². The molecule has 0 radical (unpaired) electrons. The minimum absolute atomic E-state index is 0.133. The first kappa shape index (κ1) is 13.8. The number of anilines is 1. The molecule has 0 saturated heterocycles. The van der Waals surface area contributed by atoms with Crippen LogP contribution < -0.4 is 11.1 Å². The molecule has 0 spiro atoms. The minimum Gasteiger partial charge on any atom is -0.396 e. The van der Waals surface area contributed by atoms with Crippen molar-refractivity contribution in [3.63, 3.8) is 0 Å². The van der Waals surface area contributed by atoms with Crippen LogP contribution in [0.5, 0.6) is 0 Å². The average Bonchev–Trinajstić information content (AvgIpc) is 2.29. The van der Waals surface area contributed by atoms with E-state index in [4.69, 9.17) is 5.73 Å². The van der Waals surface area contributed by atoms with E-state index in [-0.39, 0.29) is 17.7 Å². The van der Waals surface area contributed by atoms with Crippen LogP contribution in [0.2, 0.25) is 0 Å². The normalized spacial score (nSPS) is 14.6. The molecule has 0 saturated carbocycles. The van der Waals surface area contributed by atoms with E-state index in [1.54, 1.807) is 7.05 Å². The molecule has 17 heavy (non-hydrogen) atoms. The SMILES string of the molecule is CNCCC(O)C(O)c1cc(F)cc(F)c1N. The molecule has 0 fully saturated rings. The lowest BCUT2D eigenvalue weighted by atomic mass is 10.00. The van der Waals surface area contributed by atoms with Crippen LogP contribution in [0.25, 0.3) is 0 Å². The standard InChI is InChI=1S/C11H16F2N2O2/c1-15-3-2-9(16)11(17)7-4-6(12)5-8(13)10(7)14/h4-5,9,11,15-17H,2-3,14H2,1H3. The average molecular weight is 246 g/mol. The molecule has 6 heteroatoms. The molecule has 0 aliphatic rings. The van der Waals surface area contributed by atoms with Gasteiger partial charge in [-0.05, 0) is 26.1 Å². The maximum atomic E-state index is 13.1. The molecule has 0 aliphatic heterocycles. The highest BCUT2D eigenvalue weighted by molar-refractivity contribution is 5.49. The van der Waals surface area contributed by atoms with Crippen LogP contribution >= 0.6 is 0 Å². The summed E-state index contributed by atoms with van der Waals surface area (Å²) >= 11 is 0. The summed E-state index contributed by atoms with van der Waals surface area (Å²) < 4.78 is 26.1. The molecular weight excluding hydrogens is 230 g/mol. The lowest BCUT2D eigenvalue weighted by Gasteiger charge is -2.19. The molecule has 2 unspecified atom stereocenters. The van der Waals surface area contributed by atoms with E-state index in [0.29, 0.717) is 12.6 Å². The molecule has 2 atom stereocenters. The van der Waals surface area contributed by atoms with Gasteiger partial charge in [0.2, 0.25) is 0 Å². The lowest BCUT2D eigenvalue weighted by Crippen LogP contribution is -2.24. The Morgan fingerprint density at radius 2 is 2.00 bits per heavy atom. The van der Waals surface area contributed by atoms with E-state index in [2.05, 4.69) is 5.32 Å². The third kappa shape index (κ3) is 3.36. The molecule has 1 aromatic rings. The molecule has 0 heterocycles. The summed E-state index contributed by atoms with van der Waals surface area (Å²) in [5, 5.41) is 22.2. The van der Waals surface area contributed by atoms with Crippen LogP contribution in [-0.4, -0.2) is 29.9 Å². The fraction of sp³-hybridized carbons (Fsp3) is 0.455. The molecular formula is C11H16F2N2O2. The predicted molar refractivity (Wildman–Crippen MR) is 60.3 cm³/mol. The first-order valence-corrected chi connectivity index (χ1v) is 5.22. The van der Waals surface area contributed by atoms with Crippen molar-refractivity contribution < 1.29 is 19.0 Å². The van der Waals surface area contributed by atoms with E-state index in [1.807, 2.05) is 0 Å². The number of hydrogen-bond donors (Lipinski definition) is 4. The highest BCUT2D eigenvalue weighted by Crippen LogP contribution is 2.27. The smallest absolute Gasteiger partial charge is 0.149 e. The molecule has 0 amide bonds. The Bertz CT molecular complexity index is 388. The number of rotatable bonds is 5. The Hall–Kier alpha value is -1.24. The molecule has 1 rings (SSSR count). The summed E-state index contributed by atoms with van der Waals surface area (Å²) in [6, 6.07) is 1.55. The number of nitrogen functional groups attached to an aromatic ring is 1. The van der Waals surface area contributed by atoms with Crippen LogP contribution in [0, 0.1) is 11.6 Å². The molecule has 0 aromatic heterocycles. The van der Waals surface area contributed by atoms with Gasteiger partial charge in [0.1, 0.15) is 17.7 Å². The van der Waals surface area contributed by atoms with E-state index in [9.17, 15) is 19.0 Å². The second-order valence-corrected chi connectivity index (χ2v) is 3.79. The molecule has 4 nitrogen and oxygen atoms in total. The number of nitrogens with two attached hydrogens (primary N) is 1. The zero-order valence-corrected chi connectivity index (χ0v) is 9.45. The molecule has 0 aliphatic carbocycles. The number of aliphatic hydroxyl groups is 2. The van der Waals surface area contributed by atoms with Crippen LogP contribution in [0.4, 0.5) is 14.5 Å². The quantitative estimate of drug-likeness (QED) is 0.572. The number of nitrogens with one attached hydrogen (secondary N) is 1. The van der Waals surface area contributed by atoms with Crippen molar-refractivity contribution in [3.8, 4) is 0 Å². The topological polar surface area (TPSA) is 78.5 Å². The Morgan fingerprint density at radius 3 is 2.59 bits per heavy atom. The van der Waals surface area contributed by atoms with Crippen molar-refractivity contribution in [2.75, 3.05) is 19.3 Å². The van der Waals surface area contributed by atoms with E-state index in [1.165, 1.54) is 0 Å². The van der Waals surface area contributed by atoms with Gasteiger partial charge in [0.25, 0.3) is 0 Å². The summed E-state index contributed by atoms with van der Waals surface area (Å²) in [7, 11) is 1.69. The van der Waals surface area contributed by atoms with Crippen molar-refractivity contribution >= 4 is 5.69 Å². The van der Waals surface area contributed by atoms with Gasteiger partial charge in [0, 0.05) is 11.6 Å². The molecule has 96 valence electrons. The summed E-state index contributed by atoms with van der Waals surface area (Å²) in [6.45, 7) is 0.468. The summed E-state index contributed by atoms with van der Waals surface area (Å²) in [4.78, 5) is 0. The van der Waals surface area contributed by atoms with Gasteiger partial charge >= 0.3 is 0 Å². The van der Waals surface area contributed by atoms with Gasteiger partial charge in [-0.3, -0.25) is 0 Å². The zero-order valence-electron chi connectivity index (χ0n) is 9.45. The summed E-state index contributed by atoms with van der Waals surface area (Å²) in [5.41, 5.74) is 4.91. The predicted octanol–water partition coefficient (Wildman–Crippen LogP) is 0.551. The van der Waals surface area contributed by atoms with Crippen LogP contribution in [0.15, 0.2) is 12.1 Å². The van der Waals surface area contributed by atoms with Gasteiger partial charge in [-0.2, -0.15) is 0 Å². The molecule has 0 bridgehead atoms. The number of halogens is 2. The van der Waals surface area contributed by atoms with Gasteiger partial charge in [-0.1, -0.05) is 0 Å². The maximum absolute atomic E-state index is 13.1. The zero-order chi connectivity index (χ0) is 13.0. The highest BCUT2D eigenvalue weighted by atomic mass is 19.1. The monoisotopic (exact) mass is 246 g/mol. The van der Waals surface area contributed by atoms with E-state index in [0.717, 1.165) is 6.07 Å². The summed E-state index contributed by atoms with van der Waals surface area (Å²) in [6.07, 6.45) is -2.30. The Balaban J connectivity index is 2.91. The molecule has 1 aromatic carbocycles. The second kappa shape index (κ2) is 5.90. The highest BCUT2D eigenvalue weighted by Gasteiger charge is 2.22. The number of benzene rings is 1. The maximum Gasteiger partial charge on any atom is 0.149 e. The van der Waals surface area contributed by atoms with Gasteiger partial charge < -0.3 is 21.3 Å². The third-order valence-corrected chi connectivity index (χ3v) is 2.50. The number of hydrogen-bond acceptors (Lipinski definition) is 4. The Morgan fingerprint density at radius 1 is 1.35 bits per heavy atom. The Labute approximate surface area is 98.1 Å². The molecule has 5 N–H and O–H groups in total. The second-order valence-electron chi connectivity index (χ2n) is 3.79. The fourth-order valence-corrected chi connectivity index (χ4v) is 1.51. The lowest BCUT2D eigenvalue weighted by molar-refractivity contribution is 0.0142. The van der Waals surface area contributed by atoms with Gasteiger partial charge in [0.05, 0.1) is 11.8 Å². The first-order valence-electron chi connectivity index (χ1n) is 5.22. The largest absolute Gasteiger partial charge is 0.396 e. The van der Waals surface area contributed by atoms with Crippen molar-refractivity contribution in [2.45, 2.75) is 18.6 Å². The van der Waals surface area contributed by atoms with E-state index < -0.39 is 23.8 Å². The fourth-order valence-electron chi connectivity index (χ4n) is 1.51. The van der Waals surface area contributed by atoms with Crippen molar-refractivity contribution in [2.24, 2.45) is 0 Å². The van der Waals surface area contributed by atoms with Gasteiger partial charge in [-0.15, -0.1) is 0 Å². The van der Waals surface area contributed by atoms with Crippen LogP contribution in [-0.2, 0) is 0 Å². The van der Waals surface area contributed by atoms with E-state index >= 15 is 0 Å². The minimum atomic E-state index is -1.41. The van der Waals surface area contributed by atoms with Crippen LogP contribution in [0.3, 0.4) is 0 Å². The summed E-state index contributed by atoms with van der Waals surface area (Å²) in [5.74, 6) is -1.79. The van der Waals surface area contributed by atoms with Crippen molar-refractivity contribution in [1.29, 1.82) is 0 Å². The number of aliphatic hydroxyl groups excluding tert-OH is 2. The van der Waals surface area contributed by atoms with Gasteiger partial charge in [-0.25, -0.2) is 8.78 Å². The van der Waals surface area contributed by atoms with Crippen LogP contribution in [0.1, 0.15) is 18.1 Å². The van der Waals surface area contributed by atoms with Crippen molar-refractivity contribution in [1.82, 2.24) is 5.32 Å².